The Kier molecular flexibility index (Phi) is 5.18. The SMILES string of the molecule is COc1ccc(C(=O)Nc2cn[nH]c2[C@H]2CCCN(C(=O)NC3CC3)C2)cc1. The van der Waals surface area contributed by atoms with Crippen LogP contribution < -0.4 is 15.4 Å². The number of likely N-dealkylation sites (tertiary alicyclic amines) is 1. The number of urea groups is 1. The van der Waals surface area contributed by atoms with Gasteiger partial charge in [-0.1, -0.05) is 0 Å². The molecule has 0 unspecified atom stereocenters. The average Bonchev–Trinajstić information content (AvgIpc) is 3.43. The Morgan fingerprint density at radius 1 is 1.21 bits per heavy atom. The normalized spacial score (nSPS) is 19.2. The van der Waals surface area contributed by atoms with Gasteiger partial charge in [-0.05, 0) is 49.9 Å². The maximum absolute atomic E-state index is 12.6. The lowest BCUT2D eigenvalue weighted by atomic mass is 9.94. The van der Waals surface area contributed by atoms with Crippen LogP contribution in [0.15, 0.2) is 30.5 Å². The first kappa shape index (κ1) is 18.3. The Hall–Kier alpha value is -3.03. The van der Waals surface area contributed by atoms with E-state index in [0.29, 0.717) is 29.6 Å². The maximum atomic E-state index is 12.6. The van der Waals surface area contributed by atoms with Crippen LogP contribution in [0, 0.1) is 0 Å². The van der Waals surface area contributed by atoms with E-state index >= 15 is 0 Å². The predicted molar refractivity (Wildman–Crippen MR) is 105 cm³/mol. The van der Waals surface area contributed by atoms with E-state index in [1.54, 1.807) is 37.6 Å². The van der Waals surface area contributed by atoms with Crippen molar-refractivity contribution in [3.63, 3.8) is 0 Å². The number of aromatic nitrogens is 2. The lowest BCUT2D eigenvalue weighted by molar-refractivity contribution is 0.102. The number of piperidine rings is 1. The minimum Gasteiger partial charge on any atom is -0.497 e. The average molecular weight is 383 g/mol. The lowest BCUT2D eigenvalue weighted by Gasteiger charge is -2.32. The second kappa shape index (κ2) is 7.92. The van der Waals surface area contributed by atoms with Gasteiger partial charge in [-0.3, -0.25) is 9.89 Å². The number of methoxy groups -OCH3 is 1. The number of anilines is 1. The summed E-state index contributed by atoms with van der Waals surface area (Å²) >= 11 is 0. The smallest absolute Gasteiger partial charge is 0.317 e. The van der Waals surface area contributed by atoms with E-state index in [1.807, 2.05) is 4.90 Å². The summed E-state index contributed by atoms with van der Waals surface area (Å²) in [7, 11) is 1.59. The summed E-state index contributed by atoms with van der Waals surface area (Å²) in [5.74, 6) is 0.615. The standard InChI is InChI=1S/C20H25N5O3/c1-28-16-8-4-13(5-9-16)19(26)23-17-11-21-24-18(17)14-3-2-10-25(12-14)20(27)22-15-6-7-15/h4-5,8-9,11,14-15H,2-3,6-7,10,12H2,1H3,(H,21,24)(H,22,27)(H,23,26)/t14-/m0/s1. The van der Waals surface area contributed by atoms with Crippen molar-refractivity contribution in [2.75, 3.05) is 25.5 Å². The van der Waals surface area contributed by atoms with Crippen molar-refractivity contribution < 1.29 is 14.3 Å². The Morgan fingerprint density at radius 3 is 2.71 bits per heavy atom. The van der Waals surface area contributed by atoms with Gasteiger partial charge in [-0.2, -0.15) is 5.10 Å². The summed E-state index contributed by atoms with van der Waals surface area (Å²) in [6.07, 6.45) is 5.64. The monoisotopic (exact) mass is 383 g/mol. The number of nitrogens with one attached hydrogen (secondary N) is 3. The number of ether oxygens (including phenoxy) is 1. The molecule has 1 aromatic heterocycles. The van der Waals surface area contributed by atoms with Gasteiger partial charge in [-0.15, -0.1) is 0 Å². The van der Waals surface area contributed by atoms with E-state index in [1.165, 1.54) is 0 Å². The van der Waals surface area contributed by atoms with Crippen molar-refractivity contribution in [3.8, 4) is 5.75 Å². The van der Waals surface area contributed by atoms with E-state index in [-0.39, 0.29) is 17.9 Å². The predicted octanol–water partition coefficient (Wildman–Crippen LogP) is 2.72. The molecule has 8 nitrogen and oxygen atoms in total. The molecule has 3 N–H and O–H groups in total. The van der Waals surface area contributed by atoms with Gasteiger partial charge in [0.25, 0.3) is 5.91 Å². The van der Waals surface area contributed by atoms with Gasteiger partial charge in [0.2, 0.25) is 0 Å². The third-order valence-electron chi connectivity index (χ3n) is 5.29. The molecule has 1 aliphatic carbocycles. The van der Waals surface area contributed by atoms with Crippen LogP contribution in [0.1, 0.15) is 47.7 Å². The van der Waals surface area contributed by atoms with E-state index in [4.69, 9.17) is 4.74 Å². The fourth-order valence-electron chi connectivity index (χ4n) is 3.53. The third kappa shape index (κ3) is 4.11. The van der Waals surface area contributed by atoms with Crippen LogP contribution in [0.3, 0.4) is 0 Å². The van der Waals surface area contributed by atoms with Crippen molar-refractivity contribution in [3.05, 3.63) is 41.7 Å². The number of benzene rings is 1. The third-order valence-corrected chi connectivity index (χ3v) is 5.29. The molecule has 1 saturated heterocycles. The largest absolute Gasteiger partial charge is 0.497 e. The molecular formula is C20H25N5O3. The van der Waals surface area contributed by atoms with E-state index in [9.17, 15) is 9.59 Å². The zero-order chi connectivity index (χ0) is 19.5. The van der Waals surface area contributed by atoms with Crippen LogP contribution in [-0.2, 0) is 0 Å². The molecule has 0 radical (unpaired) electrons. The molecule has 28 heavy (non-hydrogen) atoms. The highest BCUT2D eigenvalue weighted by Gasteiger charge is 2.31. The summed E-state index contributed by atoms with van der Waals surface area (Å²) in [4.78, 5) is 26.8. The second-order valence-electron chi connectivity index (χ2n) is 7.39. The number of aromatic amines is 1. The number of H-pyrrole nitrogens is 1. The van der Waals surface area contributed by atoms with Gasteiger partial charge in [0.15, 0.2) is 0 Å². The van der Waals surface area contributed by atoms with Crippen LogP contribution in [0.25, 0.3) is 0 Å². The summed E-state index contributed by atoms with van der Waals surface area (Å²) in [6, 6.07) is 7.30. The summed E-state index contributed by atoms with van der Waals surface area (Å²) in [5, 5.41) is 13.1. The molecule has 0 bridgehead atoms. The minimum atomic E-state index is -0.204. The van der Waals surface area contributed by atoms with Gasteiger partial charge in [0.1, 0.15) is 5.75 Å². The molecule has 1 atom stereocenters. The van der Waals surface area contributed by atoms with Crippen molar-refractivity contribution in [1.82, 2.24) is 20.4 Å². The van der Waals surface area contributed by atoms with Crippen molar-refractivity contribution in [2.45, 2.75) is 37.6 Å². The van der Waals surface area contributed by atoms with Crippen LogP contribution in [-0.4, -0.2) is 53.3 Å². The molecular weight excluding hydrogens is 358 g/mol. The number of rotatable bonds is 5. The minimum absolute atomic E-state index is 0.00975. The summed E-state index contributed by atoms with van der Waals surface area (Å²) in [6.45, 7) is 1.38. The number of nitrogens with zero attached hydrogens (tertiary/aromatic N) is 2. The van der Waals surface area contributed by atoms with Gasteiger partial charge in [0.05, 0.1) is 24.7 Å². The quantitative estimate of drug-likeness (QED) is 0.739. The number of amides is 3. The first-order valence-corrected chi connectivity index (χ1v) is 9.68. The first-order chi connectivity index (χ1) is 13.6. The lowest BCUT2D eigenvalue weighted by Crippen LogP contribution is -2.45. The second-order valence-corrected chi connectivity index (χ2v) is 7.39. The van der Waals surface area contributed by atoms with E-state index in [0.717, 1.165) is 37.9 Å². The van der Waals surface area contributed by atoms with E-state index < -0.39 is 0 Å². The fourth-order valence-corrected chi connectivity index (χ4v) is 3.53. The Morgan fingerprint density at radius 2 is 2.00 bits per heavy atom. The molecule has 0 spiro atoms. The number of hydrogen-bond donors (Lipinski definition) is 3. The topological polar surface area (TPSA) is 99.3 Å². The highest BCUT2D eigenvalue weighted by molar-refractivity contribution is 6.04. The van der Waals surface area contributed by atoms with Gasteiger partial charge in [0, 0.05) is 30.6 Å². The highest BCUT2D eigenvalue weighted by atomic mass is 16.5. The van der Waals surface area contributed by atoms with Crippen LogP contribution in [0.2, 0.25) is 0 Å². The molecule has 4 rings (SSSR count). The van der Waals surface area contributed by atoms with Crippen molar-refractivity contribution in [1.29, 1.82) is 0 Å². The number of carbonyl (C=O) groups is 2. The molecule has 8 heteroatoms. The fraction of sp³-hybridized carbons (Fsp3) is 0.450. The van der Waals surface area contributed by atoms with Crippen LogP contribution in [0.5, 0.6) is 5.75 Å². The zero-order valence-electron chi connectivity index (χ0n) is 15.9. The molecule has 1 aromatic carbocycles. The van der Waals surface area contributed by atoms with Gasteiger partial charge >= 0.3 is 6.03 Å². The molecule has 3 amide bonds. The molecule has 2 heterocycles. The molecule has 148 valence electrons. The van der Waals surface area contributed by atoms with Crippen LogP contribution in [0.4, 0.5) is 10.5 Å². The summed E-state index contributed by atoms with van der Waals surface area (Å²) in [5.41, 5.74) is 2.07. The molecule has 2 aromatic rings. The maximum Gasteiger partial charge on any atom is 0.317 e. The van der Waals surface area contributed by atoms with E-state index in [2.05, 4.69) is 20.8 Å². The molecule has 1 saturated carbocycles. The number of hydrogen-bond acceptors (Lipinski definition) is 4. The van der Waals surface area contributed by atoms with Gasteiger partial charge < -0.3 is 20.3 Å². The highest BCUT2D eigenvalue weighted by Crippen LogP contribution is 2.31. The molecule has 2 fully saturated rings. The van der Waals surface area contributed by atoms with Crippen molar-refractivity contribution in [2.24, 2.45) is 0 Å². The van der Waals surface area contributed by atoms with Gasteiger partial charge in [-0.25, -0.2) is 4.79 Å². The molecule has 1 aliphatic heterocycles. The summed E-state index contributed by atoms with van der Waals surface area (Å²) < 4.78 is 5.13. The van der Waals surface area contributed by atoms with Crippen LogP contribution >= 0.6 is 0 Å². The van der Waals surface area contributed by atoms with Crippen molar-refractivity contribution >= 4 is 17.6 Å². The first-order valence-electron chi connectivity index (χ1n) is 9.68. The zero-order valence-corrected chi connectivity index (χ0v) is 15.9. The molecule has 2 aliphatic rings. The Bertz CT molecular complexity index is 844. The Labute approximate surface area is 163 Å². The number of carbonyl (C=O) groups excluding carboxylic acids is 2. The Balaban J connectivity index is 1.42.